The zero-order valence-corrected chi connectivity index (χ0v) is 8.80. The first-order valence-corrected chi connectivity index (χ1v) is 5.06. The van der Waals surface area contributed by atoms with Crippen molar-refractivity contribution < 1.29 is 0 Å². The van der Waals surface area contributed by atoms with Gasteiger partial charge in [0.2, 0.25) is 0 Å². The Morgan fingerprint density at radius 1 is 0.875 bits per heavy atom. The molecule has 0 unspecified atom stereocenters. The summed E-state index contributed by atoms with van der Waals surface area (Å²) >= 11 is 0. The number of aliphatic imine (C=N–C) groups is 1. The van der Waals surface area contributed by atoms with E-state index < -0.39 is 0 Å². The Morgan fingerprint density at radius 2 is 1.44 bits per heavy atom. The average molecular weight is 211 g/mol. The van der Waals surface area contributed by atoms with E-state index in [2.05, 4.69) is 10.4 Å². The van der Waals surface area contributed by atoms with Gasteiger partial charge in [0.05, 0.1) is 5.69 Å². The molecule has 0 aliphatic carbocycles. The number of benzene rings is 2. The molecule has 2 rings (SSSR count). The quantitative estimate of drug-likeness (QED) is 0.346. The summed E-state index contributed by atoms with van der Waals surface area (Å²) < 4.78 is 0. The van der Waals surface area contributed by atoms with Gasteiger partial charge in [-0.1, -0.05) is 48.5 Å². The number of amidine groups is 1. The van der Waals surface area contributed by atoms with Crippen LogP contribution in [0.3, 0.4) is 0 Å². The maximum absolute atomic E-state index is 5.47. The fourth-order valence-corrected chi connectivity index (χ4v) is 1.41. The van der Waals surface area contributed by atoms with E-state index in [0.717, 1.165) is 11.3 Å². The molecule has 0 spiro atoms. The van der Waals surface area contributed by atoms with Crippen LogP contribution >= 0.6 is 0 Å². The summed E-state index contributed by atoms with van der Waals surface area (Å²) in [5.74, 6) is 6.13. The standard InChI is InChI=1S/C13H13N3/c14-16-13(11-7-3-1-4-8-11)15-12-9-5-2-6-10-12/h1-10H,14H2,(H,15,16). The van der Waals surface area contributed by atoms with Gasteiger partial charge in [-0.05, 0) is 12.1 Å². The minimum absolute atomic E-state index is 0.659. The van der Waals surface area contributed by atoms with Crippen molar-refractivity contribution in [2.75, 3.05) is 0 Å². The van der Waals surface area contributed by atoms with Crippen molar-refractivity contribution in [2.45, 2.75) is 0 Å². The first-order chi connectivity index (χ1) is 7.90. The Morgan fingerprint density at radius 3 is 2.00 bits per heavy atom. The van der Waals surface area contributed by atoms with E-state index >= 15 is 0 Å². The Labute approximate surface area is 94.6 Å². The molecular weight excluding hydrogens is 198 g/mol. The van der Waals surface area contributed by atoms with Crippen LogP contribution in [0.25, 0.3) is 0 Å². The number of hydrogen-bond donors (Lipinski definition) is 2. The van der Waals surface area contributed by atoms with Gasteiger partial charge >= 0.3 is 0 Å². The molecule has 0 amide bonds. The lowest BCUT2D eigenvalue weighted by Gasteiger charge is -2.05. The highest BCUT2D eigenvalue weighted by atomic mass is 15.2. The molecule has 0 radical (unpaired) electrons. The number of nitrogens with two attached hydrogens (primary N) is 1. The molecule has 16 heavy (non-hydrogen) atoms. The van der Waals surface area contributed by atoms with Gasteiger partial charge in [-0.3, -0.25) is 0 Å². The van der Waals surface area contributed by atoms with Gasteiger partial charge in [-0.25, -0.2) is 10.8 Å². The molecule has 3 nitrogen and oxygen atoms in total. The molecule has 0 aliphatic heterocycles. The summed E-state index contributed by atoms with van der Waals surface area (Å²) in [5, 5.41) is 0. The summed E-state index contributed by atoms with van der Waals surface area (Å²) in [4.78, 5) is 4.43. The predicted octanol–water partition coefficient (Wildman–Crippen LogP) is 2.23. The van der Waals surface area contributed by atoms with E-state index in [0.29, 0.717) is 5.84 Å². The highest BCUT2D eigenvalue weighted by Crippen LogP contribution is 2.11. The molecule has 2 aromatic rings. The average Bonchev–Trinajstić information content (AvgIpc) is 2.38. The molecule has 0 aliphatic rings. The summed E-state index contributed by atoms with van der Waals surface area (Å²) in [6.07, 6.45) is 0. The molecule has 80 valence electrons. The SMILES string of the molecule is NNC(=Nc1ccccc1)c1ccccc1. The van der Waals surface area contributed by atoms with E-state index in [-0.39, 0.29) is 0 Å². The van der Waals surface area contributed by atoms with Gasteiger partial charge in [-0.2, -0.15) is 0 Å². The maximum atomic E-state index is 5.47. The van der Waals surface area contributed by atoms with Crippen LogP contribution in [0.5, 0.6) is 0 Å². The van der Waals surface area contributed by atoms with E-state index in [1.54, 1.807) is 0 Å². The fourth-order valence-electron chi connectivity index (χ4n) is 1.41. The Kier molecular flexibility index (Phi) is 3.31. The van der Waals surface area contributed by atoms with Gasteiger partial charge in [0, 0.05) is 5.56 Å². The third kappa shape index (κ3) is 2.46. The van der Waals surface area contributed by atoms with Crippen molar-refractivity contribution in [3.05, 3.63) is 66.2 Å². The number of nitrogens with one attached hydrogen (secondary N) is 1. The number of hydrogen-bond acceptors (Lipinski definition) is 2. The van der Waals surface area contributed by atoms with Gasteiger partial charge in [0.15, 0.2) is 0 Å². The van der Waals surface area contributed by atoms with E-state index in [9.17, 15) is 0 Å². The third-order valence-corrected chi connectivity index (χ3v) is 2.18. The number of rotatable bonds is 2. The van der Waals surface area contributed by atoms with Crippen LogP contribution in [0.4, 0.5) is 5.69 Å². The lowest BCUT2D eigenvalue weighted by molar-refractivity contribution is 1.02. The van der Waals surface area contributed by atoms with Crippen LogP contribution in [0.1, 0.15) is 5.56 Å². The van der Waals surface area contributed by atoms with Crippen molar-refractivity contribution >= 4 is 11.5 Å². The Hall–Kier alpha value is -2.13. The highest BCUT2D eigenvalue weighted by Gasteiger charge is 1.99. The second kappa shape index (κ2) is 5.09. The largest absolute Gasteiger partial charge is 0.308 e. The fraction of sp³-hybridized carbons (Fsp3) is 0. The maximum Gasteiger partial charge on any atom is 0.147 e. The van der Waals surface area contributed by atoms with Crippen LogP contribution in [-0.2, 0) is 0 Å². The summed E-state index contributed by atoms with van der Waals surface area (Å²) in [6.45, 7) is 0. The summed E-state index contributed by atoms with van der Waals surface area (Å²) in [5.41, 5.74) is 4.46. The molecule has 3 N–H and O–H groups in total. The molecule has 3 heteroatoms. The van der Waals surface area contributed by atoms with Crippen LogP contribution in [0.15, 0.2) is 65.7 Å². The van der Waals surface area contributed by atoms with Gasteiger partial charge < -0.3 is 5.43 Å². The van der Waals surface area contributed by atoms with Crippen molar-refractivity contribution in [3.63, 3.8) is 0 Å². The Bertz CT molecular complexity index is 463. The second-order valence-electron chi connectivity index (χ2n) is 3.31. The molecule has 0 saturated carbocycles. The van der Waals surface area contributed by atoms with Crippen molar-refractivity contribution in [1.29, 1.82) is 0 Å². The number of para-hydroxylation sites is 1. The highest BCUT2D eigenvalue weighted by molar-refractivity contribution is 5.99. The lowest BCUT2D eigenvalue weighted by atomic mass is 10.2. The number of hydrazine groups is 1. The van der Waals surface area contributed by atoms with Crippen LogP contribution in [-0.4, -0.2) is 5.84 Å². The molecule has 0 bridgehead atoms. The van der Waals surface area contributed by atoms with Crippen molar-refractivity contribution in [1.82, 2.24) is 5.43 Å². The molecular formula is C13H13N3. The monoisotopic (exact) mass is 211 g/mol. The van der Waals surface area contributed by atoms with Crippen molar-refractivity contribution in [2.24, 2.45) is 10.8 Å². The second-order valence-corrected chi connectivity index (χ2v) is 3.31. The van der Waals surface area contributed by atoms with Gasteiger partial charge in [0.1, 0.15) is 5.84 Å². The first-order valence-electron chi connectivity index (χ1n) is 5.06. The smallest absolute Gasteiger partial charge is 0.147 e. The molecule has 0 fully saturated rings. The molecule has 0 saturated heterocycles. The lowest BCUT2D eigenvalue weighted by Crippen LogP contribution is -2.30. The third-order valence-electron chi connectivity index (χ3n) is 2.18. The Balaban J connectivity index is 2.34. The number of nitrogens with zero attached hydrogens (tertiary/aromatic N) is 1. The van der Waals surface area contributed by atoms with Crippen LogP contribution in [0.2, 0.25) is 0 Å². The van der Waals surface area contributed by atoms with E-state index in [1.807, 2.05) is 60.7 Å². The summed E-state index contributed by atoms with van der Waals surface area (Å²) in [7, 11) is 0. The summed E-state index contributed by atoms with van der Waals surface area (Å²) in [6, 6.07) is 19.5. The predicted molar refractivity (Wildman–Crippen MR) is 66.4 cm³/mol. The molecule has 0 aromatic heterocycles. The topological polar surface area (TPSA) is 50.4 Å². The first kappa shape index (κ1) is 10.4. The van der Waals surface area contributed by atoms with Gasteiger partial charge in [-0.15, -0.1) is 0 Å². The normalized spacial score (nSPS) is 11.2. The van der Waals surface area contributed by atoms with Crippen LogP contribution < -0.4 is 11.3 Å². The van der Waals surface area contributed by atoms with Gasteiger partial charge in [0.25, 0.3) is 0 Å². The molecule has 0 atom stereocenters. The minimum Gasteiger partial charge on any atom is -0.308 e. The van der Waals surface area contributed by atoms with Crippen LogP contribution in [0, 0.1) is 0 Å². The van der Waals surface area contributed by atoms with Crippen molar-refractivity contribution in [3.8, 4) is 0 Å². The molecule has 0 heterocycles. The minimum atomic E-state index is 0.659. The molecule has 2 aromatic carbocycles. The zero-order valence-electron chi connectivity index (χ0n) is 8.80. The zero-order chi connectivity index (χ0) is 11.2. The van der Waals surface area contributed by atoms with E-state index in [1.165, 1.54) is 0 Å². The van der Waals surface area contributed by atoms with E-state index in [4.69, 9.17) is 5.84 Å².